The van der Waals surface area contributed by atoms with Crippen molar-refractivity contribution in [3.05, 3.63) is 24.3 Å². The average molecular weight is 420 g/mol. The van der Waals surface area contributed by atoms with Gasteiger partial charge in [-0.1, -0.05) is 11.8 Å². The lowest BCUT2D eigenvalue weighted by Crippen LogP contribution is -2.37. The van der Waals surface area contributed by atoms with Crippen LogP contribution in [0.4, 0.5) is 18.9 Å². The van der Waals surface area contributed by atoms with Crippen LogP contribution < -0.4 is 9.64 Å². The Morgan fingerprint density at radius 1 is 1.19 bits per heavy atom. The van der Waals surface area contributed by atoms with E-state index in [0.717, 1.165) is 25.0 Å². The summed E-state index contributed by atoms with van der Waals surface area (Å²) in [6.45, 7) is 0. The quantitative estimate of drug-likeness (QED) is 0.748. The summed E-state index contributed by atoms with van der Waals surface area (Å²) < 4.78 is 64.8. The highest BCUT2D eigenvalue weighted by Gasteiger charge is 2.49. The highest BCUT2D eigenvalue weighted by atomic mass is 32.2. The maximum Gasteiger partial charge on any atom is 0.573 e. The van der Waals surface area contributed by atoms with Gasteiger partial charge in [0.2, 0.25) is 0 Å². The van der Waals surface area contributed by atoms with Crippen molar-refractivity contribution in [1.29, 1.82) is 0 Å². The number of carbonyl (C=O) groups excluding carboxylic acids is 1. The van der Waals surface area contributed by atoms with E-state index in [0.29, 0.717) is 10.9 Å². The van der Waals surface area contributed by atoms with Crippen LogP contribution in [0.5, 0.6) is 5.75 Å². The van der Waals surface area contributed by atoms with Crippen molar-refractivity contribution in [1.82, 2.24) is 0 Å². The zero-order valence-electron chi connectivity index (χ0n) is 13.8. The summed E-state index contributed by atoms with van der Waals surface area (Å²) in [7, 11) is -3.21. The minimum absolute atomic E-state index is 0.00919. The van der Waals surface area contributed by atoms with Crippen molar-refractivity contribution in [2.24, 2.45) is 10.9 Å². The van der Waals surface area contributed by atoms with Crippen molar-refractivity contribution in [2.75, 3.05) is 16.4 Å². The highest BCUT2D eigenvalue weighted by Crippen LogP contribution is 2.42. The fourth-order valence-electron chi connectivity index (χ4n) is 3.19. The number of fused-ring (bicyclic) bond motifs is 1. The third-order valence-corrected chi connectivity index (χ3v) is 7.76. The van der Waals surface area contributed by atoms with Gasteiger partial charge in [0, 0.05) is 16.9 Å². The van der Waals surface area contributed by atoms with Crippen LogP contribution in [-0.2, 0) is 14.6 Å². The van der Waals surface area contributed by atoms with Crippen LogP contribution in [0.15, 0.2) is 29.3 Å². The molecule has 2 atom stereocenters. The maximum absolute atomic E-state index is 12.3. The Hall–Kier alpha value is -1.75. The fraction of sp³-hybridized carbons (Fsp3) is 0.500. The standard InChI is InChI=1S/C16H15F3N2O4S2/c17-16(18,19)25-11-5-3-10(4-6-11)21-12-7-27(23,24)8-13(12)26-15(21)20-14(22)9-1-2-9/h3-6,9,12-13H,1-2,7-8H2. The Bertz CT molecular complexity index is 895. The molecule has 1 aromatic carbocycles. The summed E-state index contributed by atoms with van der Waals surface area (Å²) in [5.41, 5.74) is 0.476. The van der Waals surface area contributed by atoms with Crippen LogP contribution in [0.3, 0.4) is 0 Å². The first-order chi connectivity index (χ1) is 12.6. The van der Waals surface area contributed by atoms with Gasteiger partial charge in [0.15, 0.2) is 15.0 Å². The molecule has 1 saturated carbocycles. The van der Waals surface area contributed by atoms with E-state index in [9.17, 15) is 26.4 Å². The highest BCUT2D eigenvalue weighted by molar-refractivity contribution is 8.16. The van der Waals surface area contributed by atoms with Gasteiger partial charge in [-0.05, 0) is 37.1 Å². The average Bonchev–Trinajstić information content (AvgIpc) is 3.28. The third kappa shape index (κ3) is 4.08. The van der Waals surface area contributed by atoms with Crippen LogP contribution in [0.25, 0.3) is 0 Å². The largest absolute Gasteiger partial charge is 0.573 e. The van der Waals surface area contributed by atoms with Crippen molar-refractivity contribution >= 4 is 38.4 Å². The number of rotatable bonds is 3. The number of nitrogens with zero attached hydrogens (tertiary/aromatic N) is 2. The second-order valence-corrected chi connectivity index (χ2v) is 10.1. The number of benzene rings is 1. The molecule has 0 N–H and O–H groups in total. The van der Waals surface area contributed by atoms with Gasteiger partial charge >= 0.3 is 6.36 Å². The molecule has 27 heavy (non-hydrogen) atoms. The molecule has 2 saturated heterocycles. The van der Waals surface area contributed by atoms with Crippen molar-refractivity contribution in [3.63, 3.8) is 0 Å². The second-order valence-electron chi connectivity index (χ2n) is 6.72. The molecule has 1 aromatic rings. The van der Waals surface area contributed by atoms with Gasteiger partial charge in [0.25, 0.3) is 5.91 Å². The van der Waals surface area contributed by atoms with Gasteiger partial charge in [-0.15, -0.1) is 13.2 Å². The number of amidine groups is 1. The van der Waals surface area contributed by atoms with Crippen LogP contribution in [0.1, 0.15) is 12.8 Å². The molecule has 146 valence electrons. The lowest BCUT2D eigenvalue weighted by molar-refractivity contribution is -0.274. The maximum atomic E-state index is 12.3. The van der Waals surface area contributed by atoms with Gasteiger partial charge in [-0.2, -0.15) is 4.99 Å². The minimum Gasteiger partial charge on any atom is -0.406 e. The van der Waals surface area contributed by atoms with Gasteiger partial charge in [0.1, 0.15) is 5.75 Å². The zero-order chi connectivity index (χ0) is 19.4. The lowest BCUT2D eigenvalue weighted by atomic mass is 10.2. The van der Waals surface area contributed by atoms with Crippen LogP contribution in [-0.4, -0.2) is 48.7 Å². The first-order valence-electron chi connectivity index (χ1n) is 8.26. The van der Waals surface area contributed by atoms with Crippen molar-refractivity contribution in [3.8, 4) is 5.75 Å². The predicted molar refractivity (Wildman–Crippen MR) is 94.6 cm³/mol. The monoisotopic (exact) mass is 420 g/mol. The normalized spacial score (nSPS) is 28.4. The molecule has 2 aliphatic heterocycles. The molecule has 2 unspecified atom stereocenters. The summed E-state index contributed by atoms with van der Waals surface area (Å²) in [5.74, 6) is -0.775. The number of hydrogen-bond acceptors (Lipinski definition) is 5. The number of sulfone groups is 1. The van der Waals surface area contributed by atoms with E-state index in [1.165, 1.54) is 23.9 Å². The molecule has 0 radical (unpaired) electrons. The summed E-state index contributed by atoms with van der Waals surface area (Å²) in [6, 6.07) is 4.73. The van der Waals surface area contributed by atoms with Crippen molar-refractivity contribution < 1.29 is 31.1 Å². The molecule has 6 nitrogen and oxygen atoms in total. The second kappa shape index (κ2) is 6.40. The van der Waals surface area contributed by atoms with Gasteiger partial charge in [-0.3, -0.25) is 4.79 Å². The number of halogens is 3. The van der Waals surface area contributed by atoms with Crippen LogP contribution in [0, 0.1) is 5.92 Å². The van der Waals surface area contributed by atoms with E-state index in [2.05, 4.69) is 9.73 Å². The number of hydrogen-bond donors (Lipinski definition) is 0. The molecule has 3 aliphatic rings. The molecule has 3 fully saturated rings. The number of alkyl halides is 3. The molecular weight excluding hydrogens is 405 g/mol. The molecule has 0 aromatic heterocycles. The third-order valence-electron chi connectivity index (χ3n) is 4.55. The first-order valence-corrected chi connectivity index (χ1v) is 11.0. The Kier molecular flexibility index (Phi) is 4.41. The van der Waals surface area contributed by atoms with E-state index < -0.39 is 22.2 Å². The molecule has 4 rings (SSSR count). The Labute approximate surface area is 157 Å². The molecular formula is C16H15F3N2O4S2. The van der Waals surface area contributed by atoms with E-state index in [1.54, 1.807) is 4.90 Å². The number of aliphatic imine (C=N–C) groups is 1. The topological polar surface area (TPSA) is 76.0 Å². The van der Waals surface area contributed by atoms with E-state index in [1.807, 2.05) is 0 Å². The zero-order valence-corrected chi connectivity index (χ0v) is 15.5. The Morgan fingerprint density at radius 2 is 1.85 bits per heavy atom. The molecule has 11 heteroatoms. The summed E-state index contributed by atoms with van der Waals surface area (Å²) in [5, 5.41) is 0.146. The molecule has 0 spiro atoms. The lowest BCUT2D eigenvalue weighted by Gasteiger charge is -2.24. The Morgan fingerprint density at radius 3 is 2.44 bits per heavy atom. The van der Waals surface area contributed by atoms with E-state index >= 15 is 0 Å². The number of ether oxygens (including phenoxy) is 1. The SMILES string of the molecule is O=C(N=C1SC2CS(=O)(=O)CC2N1c1ccc(OC(F)(F)F)cc1)C1CC1. The van der Waals surface area contributed by atoms with Gasteiger partial charge in [0.05, 0.1) is 17.5 Å². The number of thioether (sulfide) groups is 1. The van der Waals surface area contributed by atoms with E-state index in [-0.39, 0.29) is 34.3 Å². The summed E-state index contributed by atoms with van der Waals surface area (Å²) >= 11 is 1.24. The predicted octanol–water partition coefficient (Wildman–Crippen LogP) is 2.60. The number of amides is 1. The molecule has 1 amide bonds. The van der Waals surface area contributed by atoms with Crippen LogP contribution >= 0.6 is 11.8 Å². The van der Waals surface area contributed by atoms with Crippen molar-refractivity contribution in [2.45, 2.75) is 30.5 Å². The molecule has 0 bridgehead atoms. The fourth-order valence-corrected chi connectivity index (χ4v) is 7.11. The molecule has 1 aliphatic carbocycles. The van der Waals surface area contributed by atoms with E-state index in [4.69, 9.17) is 0 Å². The summed E-state index contributed by atoms with van der Waals surface area (Å²) in [4.78, 5) is 17.9. The molecule has 2 heterocycles. The van der Waals surface area contributed by atoms with Gasteiger partial charge in [-0.25, -0.2) is 8.42 Å². The smallest absolute Gasteiger partial charge is 0.406 e. The number of carbonyl (C=O) groups is 1. The summed E-state index contributed by atoms with van der Waals surface area (Å²) in [6.07, 6.45) is -3.20. The van der Waals surface area contributed by atoms with Gasteiger partial charge < -0.3 is 9.64 Å². The first kappa shape index (κ1) is 18.6. The minimum atomic E-state index is -4.79. The Balaban J connectivity index is 1.64. The van der Waals surface area contributed by atoms with Crippen LogP contribution in [0.2, 0.25) is 0 Å². The number of anilines is 1.